The quantitative estimate of drug-likeness (QED) is 0.755. The average Bonchev–Trinajstić information content (AvgIpc) is 2.55. The third kappa shape index (κ3) is 5.95. The van der Waals surface area contributed by atoms with Gasteiger partial charge in [0.1, 0.15) is 0 Å². The number of benzene rings is 2. The van der Waals surface area contributed by atoms with Gasteiger partial charge in [0, 0.05) is 24.6 Å². The number of hydrogen-bond acceptors (Lipinski definition) is 2. The van der Waals surface area contributed by atoms with Crippen LogP contribution in [0.5, 0.6) is 0 Å². The Labute approximate surface area is 144 Å². The van der Waals surface area contributed by atoms with Crippen LogP contribution in [0.25, 0.3) is 0 Å². The Kier molecular flexibility index (Phi) is 8.20. The Morgan fingerprint density at radius 3 is 2.39 bits per heavy atom. The molecule has 1 amide bonds. The van der Waals surface area contributed by atoms with Gasteiger partial charge >= 0.3 is 0 Å². The molecule has 0 heterocycles. The number of nitrogen functional groups attached to an aromatic ring is 1. The van der Waals surface area contributed by atoms with Gasteiger partial charge in [0.05, 0.1) is 0 Å². The van der Waals surface area contributed by atoms with Gasteiger partial charge in [0.15, 0.2) is 0 Å². The summed E-state index contributed by atoms with van der Waals surface area (Å²) in [7, 11) is 0. The van der Waals surface area contributed by atoms with E-state index in [0.717, 1.165) is 17.7 Å². The highest BCUT2D eigenvalue weighted by molar-refractivity contribution is 5.85. The van der Waals surface area contributed by atoms with Crippen molar-refractivity contribution < 1.29 is 4.79 Å². The summed E-state index contributed by atoms with van der Waals surface area (Å²) < 4.78 is 0. The van der Waals surface area contributed by atoms with Gasteiger partial charge in [-0.3, -0.25) is 4.79 Å². The van der Waals surface area contributed by atoms with Crippen LogP contribution < -0.4 is 11.1 Å². The van der Waals surface area contributed by atoms with Crippen LogP contribution in [0.15, 0.2) is 54.6 Å². The van der Waals surface area contributed by atoms with Crippen LogP contribution in [-0.4, -0.2) is 12.5 Å². The van der Waals surface area contributed by atoms with Crippen molar-refractivity contribution in [2.24, 2.45) is 0 Å². The van der Waals surface area contributed by atoms with Gasteiger partial charge in [0.25, 0.3) is 0 Å². The summed E-state index contributed by atoms with van der Waals surface area (Å²) in [5.41, 5.74) is 8.96. The minimum absolute atomic E-state index is 0. The molecule has 23 heavy (non-hydrogen) atoms. The van der Waals surface area contributed by atoms with Gasteiger partial charge in [-0.05, 0) is 30.0 Å². The normalized spacial score (nSPS) is 11.3. The number of carbonyl (C=O) groups is 1. The fourth-order valence-corrected chi connectivity index (χ4v) is 2.56. The van der Waals surface area contributed by atoms with Gasteiger partial charge in [-0.2, -0.15) is 0 Å². The zero-order valence-corrected chi connectivity index (χ0v) is 14.3. The molecule has 0 aliphatic heterocycles. The number of rotatable bonds is 7. The zero-order chi connectivity index (χ0) is 15.8. The molecule has 1 atom stereocenters. The van der Waals surface area contributed by atoms with Crippen LogP contribution in [0.1, 0.15) is 36.8 Å². The highest BCUT2D eigenvalue weighted by Gasteiger charge is 2.11. The molecule has 0 saturated carbocycles. The Morgan fingerprint density at radius 2 is 1.74 bits per heavy atom. The van der Waals surface area contributed by atoms with Gasteiger partial charge < -0.3 is 11.1 Å². The van der Waals surface area contributed by atoms with Crippen LogP contribution in [0.3, 0.4) is 0 Å². The molecule has 0 bridgehead atoms. The second kappa shape index (κ2) is 9.90. The summed E-state index contributed by atoms with van der Waals surface area (Å²) in [4.78, 5) is 12.0. The predicted octanol–water partition coefficient (Wildman–Crippen LogP) is 3.93. The van der Waals surface area contributed by atoms with Gasteiger partial charge in [-0.1, -0.05) is 55.5 Å². The Bertz CT molecular complexity index is 601. The predicted molar refractivity (Wildman–Crippen MR) is 98.9 cm³/mol. The topological polar surface area (TPSA) is 55.1 Å². The van der Waals surface area contributed by atoms with Crippen LogP contribution in [0.4, 0.5) is 5.69 Å². The SMILES string of the molecule is CCC(CNC(=O)CCc1ccccc1N)c1ccccc1.Cl. The molecule has 0 aromatic heterocycles. The van der Waals surface area contributed by atoms with Crippen molar-refractivity contribution in [1.29, 1.82) is 0 Å². The highest BCUT2D eigenvalue weighted by Crippen LogP contribution is 2.18. The molecule has 0 aliphatic rings. The molecule has 0 saturated heterocycles. The van der Waals surface area contributed by atoms with Gasteiger partial charge in [-0.25, -0.2) is 0 Å². The van der Waals surface area contributed by atoms with Gasteiger partial charge in [0.2, 0.25) is 5.91 Å². The lowest BCUT2D eigenvalue weighted by atomic mass is 9.96. The minimum atomic E-state index is 0. The van der Waals surface area contributed by atoms with Gasteiger partial charge in [-0.15, -0.1) is 12.4 Å². The van der Waals surface area contributed by atoms with Crippen molar-refractivity contribution in [1.82, 2.24) is 5.32 Å². The number of hydrogen-bond donors (Lipinski definition) is 2. The molecular formula is C19H25ClN2O. The van der Waals surface area contributed by atoms with E-state index in [-0.39, 0.29) is 18.3 Å². The maximum Gasteiger partial charge on any atom is 0.220 e. The molecular weight excluding hydrogens is 308 g/mol. The van der Waals surface area contributed by atoms with Crippen LogP contribution in [-0.2, 0) is 11.2 Å². The molecule has 1 unspecified atom stereocenters. The smallest absolute Gasteiger partial charge is 0.220 e. The molecule has 0 aliphatic carbocycles. The largest absolute Gasteiger partial charge is 0.399 e. The summed E-state index contributed by atoms with van der Waals surface area (Å²) in [6.45, 7) is 2.83. The summed E-state index contributed by atoms with van der Waals surface area (Å²) in [6.07, 6.45) is 2.16. The van der Waals surface area contributed by atoms with Crippen LogP contribution in [0, 0.1) is 0 Å². The molecule has 4 heteroatoms. The Morgan fingerprint density at radius 1 is 1.09 bits per heavy atom. The van der Waals surface area contributed by atoms with Crippen molar-refractivity contribution in [3.63, 3.8) is 0 Å². The maximum absolute atomic E-state index is 12.0. The summed E-state index contributed by atoms with van der Waals surface area (Å²) in [5, 5.41) is 3.04. The van der Waals surface area contributed by atoms with E-state index in [1.165, 1.54) is 5.56 Å². The van der Waals surface area contributed by atoms with Crippen LogP contribution >= 0.6 is 12.4 Å². The molecule has 0 radical (unpaired) electrons. The second-order valence-corrected chi connectivity index (χ2v) is 5.52. The second-order valence-electron chi connectivity index (χ2n) is 5.52. The van der Waals surface area contributed by atoms with Crippen molar-refractivity contribution in [3.8, 4) is 0 Å². The molecule has 3 N–H and O–H groups in total. The number of anilines is 1. The Hall–Kier alpha value is -2.00. The lowest BCUT2D eigenvalue weighted by Gasteiger charge is -2.16. The first-order chi connectivity index (χ1) is 10.7. The zero-order valence-electron chi connectivity index (χ0n) is 13.5. The average molecular weight is 333 g/mol. The summed E-state index contributed by atoms with van der Waals surface area (Å²) >= 11 is 0. The van der Waals surface area contributed by atoms with E-state index in [0.29, 0.717) is 25.3 Å². The molecule has 2 rings (SSSR count). The standard InChI is InChI=1S/C19H24N2O.ClH/c1-2-15(16-8-4-3-5-9-16)14-21-19(22)13-12-17-10-6-7-11-18(17)20;/h3-11,15H,2,12-14,20H2,1H3,(H,21,22);1H. The fraction of sp³-hybridized carbons (Fsp3) is 0.316. The van der Waals surface area contributed by atoms with Crippen LogP contribution in [0.2, 0.25) is 0 Å². The number of para-hydroxylation sites is 1. The van der Waals surface area contributed by atoms with E-state index < -0.39 is 0 Å². The molecule has 2 aromatic rings. The first-order valence-corrected chi connectivity index (χ1v) is 7.85. The lowest BCUT2D eigenvalue weighted by Crippen LogP contribution is -2.28. The third-order valence-electron chi connectivity index (χ3n) is 3.99. The number of carbonyl (C=O) groups excluding carboxylic acids is 1. The van der Waals surface area contributed by atoms with E-state index in [2.05, 4.69) is 24.4 Å². The van der Waals surface area contributed by atoms with E-state index in [1.807, 2.05) is 42.5 Å². The van der Waals surface area contributed by atoms with Crippen molar-refractivity contribution in [3.05, 3.63) is 65.7 Å². The first kappa shape index (κ1) is 19.0. The molecule has 2 aromatic carbocycles. The van der Waals surface area contributed by atoms with E-state index in [4.69, 9.17) is 5.73 Å². The minimum Gasteiger partial charge on any atom is -0.399 e. The van der Waals surface area contributed by atoms with E-state index in [1.54, 1.807) is 0 Å². The summed E-state index contributed by atoms with van der Waals surface area (Å²) in [5.74, 6) is 0.449. The molecule has 0 fully saturated rings. The fourth-order valence-electron chi connectivity index (χ4n) is 2.56. The van der Waals surface area contributed by atoms with Crippen molar-refractivity contribution in [2.75, 3.05) is 12.3 Å². The molecule has 0 spiro atoms. The Balaban J connectivity index is 0.00000264. The van der Waals surface area contributed by atoms with Crippen molar-refractivity contribution in [2.45, 2.75) is 32.1 Å². The lowest BCUT2D eigenvalue weighted by molar-refractivity contribution is -0.121. The third-order valence-corrected chi connectivity index (χ3v) is 3.99. The number of nitrogens with one attached hydrogen (secondary N) is 1. The summed E-state index contributed by atoms with van der Waals surface area (Å²) in [6, 6.07) is 18.0. The number of nitrogens with two attached hydrogens (primary N) is 1. The number of amides is 1. The van der Waals surface area contributed by atoms with E-state index in [9.17, 15) is 4.79 Å². The molecule has 3 nitrogen and oxygen atoms in total. The first-order valence-electron chi connectivity index (χ1n) is 7.85. The monoisotopic (exact) mass is 332 g/mol. The maximum atomic E-state index is 12.0. The highest BCUT2D eigenvalue weighted by atomic mass is 35.5. The number of aryl methyl sites for hydroxylation is 1. The number of halogens is 1. The van der Waals surface area contributed by atoms with E-state index >= 15 is 0 Å². The molecule has 124 valence electrons. The van der Waals surface area contributed by atoms with Crippen molar-refractivity contribution >= 4 is 24.0 Å².